The summed E-state index contributed by atoms with van der Waals surface area (Å²) in [4.78, 5) is 56.4. The molecule has 28 heavy (non-hydrogen) atoms. The van der Waals surface area contributed by atoms with E-state index in [4.69, 9.17) is 16.7 Å². The zero-order chi connectivity index (χ0) is 20.4. The van der Waals surface area contributed by atoms with Gasteiger partial charge in [0.05, 0.1) is 10.5 Å². The largest absolute Gasteiger partial charge is 0.479 e. The Morgan fingerprint density at radius 3 is 2.79 bits per heavy atom. The van der Waals surface area contributed by atoms with Gasteiger partial charge in [-0.3, -0.25) is 14.5 Å². The minimum absolute atomic E-state index is 0.0404. The van der Waals surface area contributed by atoms with E-state index in [0.717, 1.165) is 4.90 Å². The van der Waals surface area contributed by atoms with Crippen LogP contribution in [-0.2, 0) is 24.0 Å². The van der Waals surface area contributed by atoms with Crippen LogP contribution in [0, 0.1) is 0 Å². The first kappa shape index (κ1) is 20.1. The summed E-state index contributed by atoms with van der Waals surface area (Å²) >= 11 is 8.28. The second-order valence-corrected chi connectivity index (χ2v) is 7.68. The first-order valence-electron chi connectivity index (χ1n) is 7.49. The molecule has 0 radical (unpaired) electrons. The van der Waals surface area contributed by atoms with Crippen molar-refractivity contribution in [3.63, 3.8) is 0 Å². The molecule has 14 heteroatoms. The van der Waals surface area contributed by atoms with Crippen LogP contribution in [0.3, 0.4) is 0 Å². The number of fused-ring (bicyclic) bond motifs is 1. The smallest absolute Gasteiger partial charge is 0.353 e. The monoisotopic (exact) mass is 446 g/mol. The number of carbonyl (C=O) groups excluding carboxylic acids is 2. The van der Waals surface area contributed by atoms with E-state index in [1.165, 1.54) is 34.0 Å². The van der Waals surface area contributed by atoms with Crippen molar-refractivity contribution in [3.8, 4) is 0 Å². The Labute approximate surface area is 170 Å². The van der Waals surface area contributed by atoms with Gasteiger partial charge in [-0.2, -0.15) is 0 Å². The number of aromatic nitrogens is 1. The predicted molar refractivity (Wildman–Crippen MR) is 97.8 cm³/mol. The first-order valence-corrected chi connectivity index (χ1v) is 9.86. The molecule has 3 heterocycles. The lowest BCUT2D eigenvalue weighted by Gasteiger charge is -2.48. The zero-order valence-corrected chi connectivity index (χ0v) is 16.1. The van der Waals surface area contributed by atoms with Crippen molar-refractivity contribution in [1.82, 2.24) is 15.2 Å². The maximum atomic E-state index is 12.6. The van der Waals surface area contributed by atoms with E-state index < -0.39 is 41.8 Å². The normalized spacial score (nSPS) is 21.7. The Morgan fingerprint density at radius 2 is 2.18 bits per heavy atom. The van der Waals surface area contributed by atoms with Gasteiger partial charge in [0.15, 0.2) is 5.71 Å². The number of carbonyl (C=O) groups is 4. The molecule has 148 valence electrons. The topological polar surface area (TPSA) is 158 Å². The first-order chi connectivity index (χ1) is 13.3. The van der Waals surface area contributed by atoms with E-state index in [2.05, 4.69) is 20.3 Å². The Hall–Kier alpha value is -2.64. The third kappa shape index (κ3) is 3.81. The maximum absolute atomic E-state index is 12.6. The minimum Gasteiger partial charge on any atom is -0.479 e. The molecule has 2 atom stereocenters. The molecular weight excluding hydrogens is 436 g/mol. The van der Waals surface area contributed by atoms with Gasteiger partial charge in [0, 0.05) is 11.1 Å². The van der Waals surface area contributed by atoms with Gasteiger partial charge in [-0.05, 0) is 0 Å². The summed E-state index contributed by atoms with van der Waals surface area (Å²) in [6.07, 6.45) is 0. The highest BCUT2D eigenvalue weighted by Gasteiger charge is 2.54. The van der Waals surface area contributed by atoms with E-state index in [-0.39, 0.29) is 27.9 Å². The second-order valence-electron chi connectivity index (χ2n) is 5.40. The molecule has 1 saturated heterocycles. The van der Waals surface area contributed by atoms with Crippen LogP contribution in [0.1, 0.15) is 5.69 Å². The number of nitrogens with one attached hydrogen (secondary N) is 1. The summed E-state index contributed by atoms with van der Waals surface area (Å²) in [5.41, 5.74) is 0.969. The number of oxime groups is 1. The molecule has 1 aromatic heterocycles. The molecule has 0 spiro atoms. The fourth-order valence-electron chi connectivity index (χ4n) is 2.48. The Bertz CT molecular complexity index is 902. The van der Waals surface area contributed by atoms with E-state index in [1.54, 1.807) is 0 Å². The fraction of sp³-hybridized carbons (Fsp3) is 0.286. The molecule has 11 nitrogen and oxygen atoms in total. The van der Waals surface area contributed by atoms with Crippen LogP contribution in [0.4, 0.5) is 0 Å². The number of nitrogens with zero attached hydrogens (tertiary/aromatic N) is 3. The number of thiazole rings is 1. The summed E-state index contributed by atoms with van der Waals surface area (Å²) in [5, 5.41) is 24.7. The quantitative estimate of drug-likeness (QED) is 0.295. The molecule has 2 aliphatic rings. The summed E-state index contributed by atoms with van der Waals surface area (Å²) < 4.78 is 0. The number of carboxylic acid groups (broad SMARTS) is 2. The molecule has 3 rings (SSSR count). The average Bonchev–Trinajstić information content (AvgIpc) is 3.16. The molecule has 0 saturated carbocycles. The average molecular weight is 447 g/mol. The number of hydrogen-bond donors (Lipinski definition) is 3. The van der Waals surface area contributed by atoms with Gasteiger partial charge in [-0.1, -0.05) is 16.8 Å². The van der Waals surface area contributed by atoms with Gasteiger partial charge in [0.25, 0.3) is 11.8 Å². The highest BCUT2D eigenvalue weighted by molar-refractivity contribution is 8.00. The number of amides is 2. The van der Waals surface area contributed by atoms with Gasteiger partial charge in [-0.25, -0.2) is 14.6 Å². The van der Waals surface area contributed by atoms with Crippen molar-refractivity contribution in [3.05, 3.63) is 27.3 Å². The number of carboxylic acids is 2. The highest BCUT2D eigenvalue weighted by Crippen LogP contribution is 2.41. The molecule has 0 aromatic carbocycles. The zero-order valence-electron chi connectivity index (χ0n) is 13.7. The van der Waals surface area contributed by atoms with Crippen molar-refractivity contribution >= 4 is 64.2 Å². The third-order valence-electron chi connectivity index (χ3n) is 3.64. The number of hydrogen-bond acceptors (Lipinski definition) is 9. The van der Waals surface area contributed by atoms with Crippen LogP contribution >= 0.6 is 34.7 Å². The predicted octanol–water partition coefficient (Wildman–Crippen LogP) is -0.117. The van der Waals surface area contributed by atoms with Gasteiger partial charge in [-0.15, -0.1) is 23.1 Å². The molecule has 2 aliphatic heterocycles. The lowest BCUT2D eigenvalue weighted by atomic mass is 10.0. The Morgan fingerprint density at radius 1 is 1.43 bits per heavy atom. The molecule has 2 amide bonds. The van der Waals surface area contributed by atoms with E-state index in [1.807, 2.05) is 0 Å². The summed E-state index contributed by atoms with van der Waals surface area (Å²) in [5.74, 6) is -3.88. The fourth-order valence-corrected chi connectivity index (χ4v) is 4.56. The summed E-state index contributed by atoms with van der Waals surface area (Å²) in [6.45, 7) is -0.763. The standard InChI is InChI=1S/C14H11ClN4O7S2/c15-5-2-28-13-9(12(23)19(13)10(5)14(24)25)17-11(22)8(6-3-27-4-16-6)18-26-1-7(20)21/h3-4,9,13H,1-2H2,(H,17,22)(H,20,21)(H,24,25)/t9?,13-/m0/s1. The number of halogens is 1. The van der Waals surface area contributed by atoms with Gasteiger partial charge in [0.2, 0.25) is 6.61 Å². The number of rotatable bonds is 7. The lowest BCUT2D eigenvalue weighted by molar-refractivity contribution is -0.150. The third-order valence-corrected chi connectivity index (χ3v) is 5.98. The maximum Gasteiger partial charge on any atom is 0.353 e. The van der Waals surface area contributed by atoms with Crippen LogP contribution in [0.15, 0.2) is 26.8 Å². The number of aliphatic carboxylic acids is 2. The second kappa shape index (κ2) is 8.16. The molecule has 0 bridgehead atoms. The van der Waals surface area contributed by atoms with Crippen molar-refractivity contribution in [1.29, 1.82) is 0 Å². The van der Waals surface area contributed by atoms with Crippen molar-refractivity contribution < 1.29 is 34.2 Å². The highest BCUT2D eigenvalue weighted by atomic mass is 35.5. The number of thioether (sulfide) groups is 1. The minimum atomic E-state index is -1.33. The van der Waals surface area contributed by atoms with Crippen LogP contribution in [0.25, 0.3) is 0 Å². The van der Waals surface area contributed by atoms with E-state index in [0.29, 0.717) is 0 Å². The Kier molecular flexibility index (Phi) is 5.86. The molecule has 1 unspecified atom stereocenters. The van der Waals surface area contributed by atoms with Crippen molar-refractivity contribution in [2.75, 3.05) is 12.4 Å². The molecule has 0 aliphatic carbocycles. The van der Waals surface area contributed by atoms with Crippen LogP contribution in [0.5, 0.6) is 0 Å². The van der Waals surface area contributed by atoms with Gasteiger partial charge < -0.3 is 20.4 Å². The van der Waals surface area contributed by atoms with Crippen LogP contribution in [0.2, 0.25) is 0 Å². The van der Waals surface area contributed by atoms with Gasteiger partial charge in [0.1, 0.15) is 22.8 Å². The molecular formula is C14H11ClN4O7S2. The van der Waals surface area contributed by atoms with Crippen molar-refractivity contribution in [2.24, 2.45) is 5.16 Å². The van der Waals surface area contributed by atoms with Crippen LogP contribution < -0.4 is 5.32 Å². The molecule has 1 fully saturated rings. The van der Waals surface area contributed by atoms with E-state index in [9.17, 15) is 24.3 Å². The lowest BCUT2D eigenvalue weighted by Crippen LogP contribution is -2.71. The molecule has 1 aromatic rings. The van der Waals surface area contributed by atoms with E-state index >= 15 is 0 Å². The van der Waals surface area contributed by atoms with Crippen molar-refractivity contribution in [2.45, 2.75) is 11.4 Å². The molecule has 3 N–H and O–H groups in total. The SMILES string of the molecule is O=C(O)CON=C(C(=O)NC1C(=O)N2C(C(=O)O)=C(Cl)CS[C@@H]12)c1cscn1. The van der Waals surface area contributed by atoms with Crippen LogP contribution in [-0.4, -0.2) is 73.3 Å². The Balaban J connectivity index is 1.76. The summed E-state index contributed by atoms with van der Waals surface area (Å²) in [7, 11) is 0. The number of β-lactam (4-membered cyclic amide) rings is 1. The summed E-state index contributed by atoms with van der Waals surface area (Å²) in [6, 6.07) is -1.00. The van der Waals surface area contributed by atoms with Gasteiger partial charge >= 0.3 is 11.9 Å².